The van der Waals surface area contributed by atoms with Crippen LogP contribution in [0.15, 0.2) is 29.1 Å². The van der Waals surface area contributed by atoms with Crippen LogP contribution in [-0.4, -0.2) is 23.3 Å². The molecule has 2 aromatic rings. The molecule has 0 bridgehead atoms. The number of nitrogens with zero attached hydrogens (tertiary/aromatic N) is 1. The predicted molar refractivity (Wildman–Crippen MR) is 76.3 cm³/mol. The fourth-order valence-electron chi connectivity index (χ4n) is 2.90. The molecule has 1 atom stereocenters. The zero-order valence-corrected chi connectivity index (χ0v) is 11.0. The first kappa shape index (κ1) is 12.4. The van der Waals surface area contributed by atoms with Crippen LogP contribution in [0.5, 0.6) is 0 Å². The molecule has 19 heavy (non-hydrogen) atoms. The van der Waals surface area contributed by atoms with E-state index in [2.05, 4.69) is 15.5 Å². The summed E-state index contributed by atoms with van der Waals surface area (Å²) in [5, 5.41) is 12.1. The van der Waals surface area contributed by atoms with Gasteiger partial charge in [0.2, 0.25) is 0 Å². The number of H-pyrrole nitrogens is 1. The van der Waals surface area contributed by atoms with Crippen LogP contribution < -0.4 is 10.9 Å². The third-order valence-corrected chi connectivity index (χ3v) is 3.95. The number of aromatic amines is 1. The molecule has 1 aromatic carbocycles. The Morgan fingerprint density at radius 1 is 1.16 bits per heavy atom. The van der Waals surface area contributed by atoms with Crippen molar-refractivity contribution in [1.82, 2.24) is 15.5 Å². The Balaban J connectivity index is 1.92. The van der Waals surface area contributed by atoms with Crippen molar-refractivity contribution in [3.05, 3.63) is 40.3 Å². The molecule has 4 heteroatoms. The van der Waals surface area contributed by atoms with Gasteiger partial charge in [-0.15, -0.1) is 0 Å². The zero-order valence-electron chi connectivity index (χ0n) is 11.0. The molecule has 0 aliphatic carbocycles. The Labute approximate surface area is 112 Å². The van der Waals surface area contributed by atoms with E-state index in [-0.39, 0.29) is 5.56 Å². The van der Waals surface area contributed by atoms with Gasteiger partial charge in [0.15, 0.2) is 0 Å². The van der Waals surface area contributed by atoms with Crippen molar-refractivity contribution in [3.8, 4) is 0 Å². The third-order valence-electron chi connectivity index (χ3n) is 3.95. The van der Waals surface area contributed by atoms with Gasteiger partial charge in [0, 0.05) is 5.39 Å². The Morgan fingerprint density at radius 2 is 2.00 bits per heavy atom. The van der Waals surface area contributed by atoms with Crippen LogP contribution in [-0.2, 0) is 6.42 Å². The van der Waals surface area contributed by atoms with E-state index >= 15 is 0 Å². The Kier molecular flexibility index (Phi) is 3.60. The second kappa shape index (κ2) is 5.53. The summed E-state index contributed by atoms with van der Waals surface area (Å²) in [5.41, 5.74) is 0.934. The van der Waals surface area contributed by atoms with Crippen LogP contribution in [0.4, 0.5) is 0 Å². The molecule has 1 saturated heterocycles. The summed E-state index contributed by atoms with van der Waals surface area (Å²) in [6, 6.07) is 7.74. The smallest absolute Gasteiger partial charge is 0.272 e. The lowest BCUT2D eigenvalue weighted by Crippen LogP contribution is -2.16. The summed E-state index contributed by atoms with van der Waals surface area (Å²) in [6.45, 7) is 2.21. The first-order chi connectivity index (χ1) is 9.34. The third kappa shape index (κ3) is 2.68. The van der Waals surface area contributed by atoms with E-state index in [1.807, 2.05) is 24.3 Å². The summed E-state index contributed by atoms with van der Waals surface area (Å²) in [7, 11) is 0. The molecule has 1 unspecified atom stereocenters. The predicted octanol–water partition coefficient (Wildman–Crippen LogP) is 1.86. The Hall–Kier alpha value is -1.68. The first-order valence-corrected chi connectivity index (χ1v) is 7.01. The highest BCUT2D eigenvalue weighted by molar-refractivity contribution is 5.83. The molecule has 1 aromatic heterocycles. The Bertz CT molecular complexity index is 612. The minimum atomic E-state index is -0.0955. The van der Waals surface area contributed by atoms with Gasteiger partial charge in [-0.3, -0.25) is 4.79 Å². The number of hydrogen-bond donors (Lipinski definition) is 2. The normalized spacial score (nSPS) is 20.3. The van der Waals surface area contributed by atoms with Gasteiger partial charge < -0.3 is 5.32 Å². The lowest BCUT2D eigenvalue weighted by Gasteiger charge is -2.13. The van der Waals surface area contributed by atoms with Crippen LogP contribution in [0.25, 0.3) is 10.8 Å². The van der Waals surface area contributed by atoms with Gasteiger partial charge in [-0.25, -0.2) is 5.10 Å². The number of benzene rings is 1. The molecule has 4 nitrogen and oxygen atoms in total. The van der Waals surface area contributed by atoms with E-state index in [0.717, 1.165) is 36.0 Å². The van der Waals surface area contributed by atoms with Gasteiger partial charge in [-0.05, 0) is 50.8 Å². The standard InChI is InChI=1S/C15H19N3O/c19-15-13-6-2-1-5-12(13)14(17-18-15)10-11-4-3-8-16-9-7-11/h1-2,5-6,11,16H,3-4,7-10H2,(H,18,19). The molecule has 1 aliphatic rings. The number of fused-ring (bicyclic) bond motifs is 1. The molecule has 0 amide bonds. The summed E-state index contributed by atoms with van der Waals surface area (Å²) in [6.07, 6.45) is 4.61. The minimum absolute atomic E-state index is 0.0955. The average Bonchev–Trinajstić information content (AvgIpc) is 2.71. The van der Waals surface area contributed by atoms with Gasteiger partial charge in [0.05, 0.1) is 11.1 Å². The highest BCUT2D eigenvalue weighted by Gasteiger charge is 2.15. The van der Waals surface area contributed by atoms with Crippen molar-refractivity contribution in [3.63, 3.8) is 0 Å². The fourth-order valence-corrected chi connectivity index (χ4v) is 2.90. The number of hydrogen-bond acceptors (Lipinski definition) is 3. The highest BCUT2D eigenvalue weighted by atomic mass is 16.1. The molecule has 0 spiro atoms. The van der Waals surface area contributed by atoms with Crippen molar-refractivity contribution in [2.45, 2.75) is 25.7 Å². The van der Waals surface area contributed by atoms with Crippen LogP contribution in [0, 0.1) is 5.92 Å². The second-order valence-corrected chi connectivity index (χ2v) is 5.30. The lowest BCUT2D eigenvalue weighted by molar-refractivity contribution is 0.464. The van der Waals surface area contributed by atoms with E-state index in [1.54, 1.807) is 0 Å². The minimum Gasteiger partial charge on any atom is -0.317 e. The van der Waals surface area contributed by atoms with Crippen molar-refractivity contribution in [1.29, 1.82) is 0 Å². The van der Waals surface area contributed by atoms with Gasteiger partial charge in [-0.1, -0.05) is 18.2 Å². The summed E-state index contributed by atoms with van der Waals surface area (Å²) >= 11 is 0. The molecule has 2 N–H and O–H groups in total. The van der Waals surface area contributed by atoms with Crippen molar-refractivity contribution < 1.29 is 0 Å². The SMILES string of the molecule is O=c1[nH]nc(CC2CCCNCC2)c2ccccc12. The summed E-state index contributed by atoms with van der Waals surface area (Å²) < 4.78 is 0. The van der Waals surface area contributed by atoms with Crippen molar-refractivity contribution >= 4 is 10.8 Å². The van der Waals surface area contributed by atoms with Crippen LogP contribution in [0.1, 0.15) is 25.0 Å². The second-order valence-electron chi connectivity index (χ2n) is 5.30. The topological polar surface area (TPSA) is 57.8 Å². The molecule has 2 heterocycles. The molecule has 0 radical (unpaired) electrons. The quantitative estimate of drug-likeness (QED) is 0.863. The number of aromatic nitrogens is 2. The Morgan fingerprint density at radius 3 is 2.89 bits per heavy atom. The first-order valence-electron chi connectivity index (χ1n) is 7.01. The fraction of sp³-hybridized carbons (Fsp3) is 0.467. The summed E-state index contributed by atoms with van der Waals surface area (Å²) in [5.74, 6) is 0.664. The van der Waals surface area contributed by atoms with Gasteiger partial charge in [-0.2, -0.15) is 5.10 Å². The van der Waals surface area contributed by atoms with Crippen LogP contribution in [0.3, 0.4) is 0 Å². The van der Waals surface area contributed by atoms with Crippen LogP contribution >= 0.6 is 0 Å². The molecule has 3 rings (SSSR count). The van der Waals surface area contributed by atoms with Crippen molar-refractivity contribution in [2.24, 2.45) is 5.92 Å². The van der Waals surface area contributed by atoms with Crippen LogP contribution in [0.2, 0.25) is 0 Å². The van der Waals surface area contributed by atoms with Gasteiger partial charge in [0.25, 0.3) is 5.56 Å². The van der Waals surface area contributed by atoms with E-state index in [1.165, 1.54) is 19.3 Å². The molecular formula is C15H19N3O. The largest absolute Gasteiger partial charge is 0.317 e. The zero-order chi connectivity index (χ0) is 13.1. The maximum absolute atomic E-state index is 11.8. The molecule has 1 aliphatic heterocycles. The monoisotopic (exact) mass is 257 g/mol. The molecule has 0 saturated carbocycles. The summed E-state index contributed by atoms with van der Waals surface area (Å²) in [4.78, 5) is 11.8. The molecular weight excluding hydrogens is 238 g/mol. The van der Waals surface area contributed by atoms with E-state index in [0.29, 0.717) is 5.92 Å². The molecule has 100 valence electrons. The lowest BCUT2D eigenvalue weighted by atomic mass is 9.93. The van der Waals surface area contributed by atoms with E-state index in [9.17, 15) is 4.79 Å². The maximum atomic E-state index is 11.8. The number of rotatable bonds is 2. The highest BCUT2D eigenvalue weighted by Crippen LogP contribution is 2.21. The van der Waals surface area contributed by atoms with Gasteiger partial charge in [0.1, 0.15) is 0 Å². The van der Waals surface area contributed by atoms with Crippen molar-refractivity contribution in [2.75, 3.05) is 13.1 Å². The average molecular weight is 257 g/mol. The van der Waals surface area contributed by atoms with Gasteiger partial charge >= 0.3 is 0 Å². The number of nitrogens with one attached hydrogen (secondary N) is 2. The van der Waals surface area contributed by atoms with E-state index < -0.39 is 0 Å². The molecule has 1 fully saturated rings. The maximum Gasteiger partial charge on any atom is 0.272 e. The van der Waals surface area contributed by atoms with E-state index in [4.69, 9.17) is 0 Å².